The van der Waals surface area contributed by atoms with Gasteiger partial charge in [-0.3, -0.25) is 0 Å². The second kappa shape index (κ2) is 8.10. The number of ether oxygens (including phenoxy) is 1. The van der Waals surface area contributed by atoms with Crippen LogP contribution in [0.5, 0.6) is 0 Å². The molecule has 0 saturated heterocycles. The van der Waals surface area contributed by atoms with Crippen LogP contribution in [0.4, 0.5) is 0 Å². The van der Waals surface area contributed by atoms with Crippen molar-refractivity contribution in [2.45, 2.75) is 11.8 Å². The summed E-state index contributed by atoms with van der Waals surface area (Å²) in [6.07, 6.45) is 0. The molecule has 0 aliphatic rings. The van der Waals surface area contributed by atoms with Crippen molar-refractivity contribution in [3.63, 3.8) is 0 Å². The third-order valence-corrected chi connectivity index (χ3v) is 4.31. The second-order valence-electron chi connectivity index (χ2n) is 4.90. The summed E-state index contributed by atoms with van der Waals surface area (Å²) in [4.78, 5) is 2.15. The molecule has 7 heteroatoms. The summed E-state index contributed by atoms with van der Waals surface area (Å²) >= 11 is 0. The third-order valence-electron chi connectivity index (χ3n) is 2.85. The van der Waals surface area contributed by atoms with Crippen molar-refractivity contribution in [3.8, 4) is 6.07 Å². The van der Waals surface area contributed by atoms with Crippen LogP contribution in [-0.2, 0) is 14.8 Å². The Labute approximate surface area is 126 Å². The van der Waals surface area contributed by atoms with Crippen molar-refractivity contribution in [2.75, 3.05) is 40.4 Å². The summed E-state index contributed by atoms with van der Waals surface area (Å²) in [5.74, 6) is 0. The van der Waals surface area contributed by atoms with Gasteiger partial charge >= 0.3 is 0 Å². The Hall–Kier alpha value is -1.46. The maximum Gasteiger partial charge on any atom is 0.240 e. The smallest absolute Gasteiger partial charge is 0.240 e. The Morgan fingerprint density at radius 3 is 2.62 bits per heavy atom. The molecule has 1 rings (SSSR count). The number of hydrogen-bond acceptors (Lipinski definition) is 5. The van der Waals surface area contributed by atoms with E-state index in [9.17, 15) is 8.42 Å². The molecule has 0 atom stereocenters. The quantitative estimate of drug-likeness (QED) is 0.716. The molecule has 0 fully saturated rings. The zero-order chi connectivity index (χ0) is 15.9. The van der Waals surface area contributed by atoms with E-state index in [0.717, 1.165) is 6.54 Å². The zero-order valence-electron chi connectivity index (χ0n) is 12.6. The molecule has 0 aliphatic carbocycles. The van der Waals surface area contributed by atoms with Crippen molar-refractivity contribution in [3.05, 3.63) is 29.3 Å². The molecule has 0 saturated carbocycles. The van der Waals surface area contributed by atoms with Crippen molar-refractivity contribution in [2.24, 2.45) is 0 Å². The van der Waals surface area contributed by atoms with Gasteiger partial charge in [-0.05, 0) is 44.8 Å². The maximum atomic E-state index is 12.1. The van der Waals surface area contributed by atoms with Crippen LogP contribution < -0.4 is 4.72 Å². The van der Waals surface area contributed by atoms with Gasteiger partial charge in [-0.15, -0.1) is 0 Å². The summed E-state index contributed by atoms with van der Waals surface area (Å²) in [6, 6.07) is 6.45. The molecular formula is C14H21N3O3S. The fourth-order valence-electron chi connectivity index (χ4n) is 1.61. The number of rotatable bonds is 8. The highest BCUT2D eigenvalue weighted by Crippen LogP contribution is 2.14. The van der Waals surface area contributed by atoms with Crippen molar-refractivity contribution < 1.29 is 13.2 Å². The van der Waals surface area contributed by atoms with Gasteiger partial charge in [0.05, 0.1) is 29.7 Å². The normalized spacial score (nSPS) is 11.6. The van der Waals surface area contributed by atoms with Gasteiger partial charge in [0.25, 0.3) is 0 Å². The average molecular weight is 311 g/mol. The number of nitrogens with zero attached hydrogens (tertiary/aromatic N) is 2. The van der Waals surface area contributed by atoms with E-state index in [4.69, 9.17) is 10.00 Å². The van der Waals surface area contributed by atoms with Crippen molar-refractivity contribution in [1.29, 1.82) is 5.26 Å². The van der Waals surface area contributed by atoms with E-state index in [2.05, 4.69) is 4.72 Å². The van der Waals surface area contributed by atoms with Crippen LogP contribution in [0.2, 0.25) is 0 Å². The van der Waals surface area contributed by atoms with Crippen LogP contribution in [0, 0.1) is 18.3 Å². The summed E-state index contributed by atoms with van der Waals surface area (Å²) in [6.45, 7) is 3.60. The summed E-state index contributed by atoms with van der Waals surface area (Å²) in [5, 5.41) is 8.84. The lowest BCUT2D eigenvalue weighted by molar-refractivity contribution is 0.122. The molecule has 0 aliphatic heterocycles. The molecule has 0 heterocycles. The molecule has 6 nitrogen and oxygen atoms in total. The van der Waals surface area contributed by atoms with Gasteiger partial charge in [0.2, 0.25) is 10.0 Å². The standard InChI is InChI=1S/C14H21N3O3S/c1-12-10-14(5-4-13(12)11-15)21(18,19)16-6-8-20-9-7-17(2)3/h4-5,10,16H,6-9H2,1-3H3. The fraction of sp³-hybridized carbons (Fsp3) is 0.500. The minimum atomic E-state index is -3.56. The average Bonchev–Trinajstić information content (AvgIpc) is 2.42. The van der Waals surface area contributed by atoms with Crippen LogP contribution in [0.3, 0.4) is 0 Å². The number of likely N-dealkylation sites (N-methyl/N-ethyl adjacent to an activating group) is 1. The predicted octanol–water partition coefficient (Wildman–Crippen LogP) is 0.723. The molecule has 116 valence electrons. The van der Waals surface area contributed by atoms with E-state index in [1.54, 1.807) is 6.92 Å². The number of hydrogen-bond donors (Lipinski definition) is 1. The van der Waals surface area contributed by atoms with Crippen molar-refractivity contribution in [1.82, 2.24) is 9.62 Å². The van der Waals surface area contributed by atoms with Gasteiger partial charge in [0.1, 0.15) is 0 Å². The van der Waals surface area contributed by atoms with E-state index >= 15 is 0 Å². The maximum absolute atomic E-state index is 12.1. The Bertz CT molecular complexity index is 606. The van der Waals surface area contributed by atoms with Gasteiger partial charge in [0.15, 0.2) is 0 Å². The van der Waals surface area contributed by atoms with Crippen LogP contribution in [0.1, 0.15) is 11.1 Å². The van der Waals surface area contributed by atoms with Gasteiger partial charge in [-0.2, -0.15) is 5.26 Å². The summed E-state index contributed by atoms with van der Waals surface area (Å²) < 4.78 is 31.9. The van der Waals surface area contributed by atoms with Gasteiger partial charge in [-0.1, -0.05) is 0 Å². The topological polar surface area (TPSA) is 82.4 Å². The molecular weight excluding hydrogens is 290 g/mol. The first kappa shape index (κ1) is 17.6. The van der Waals surface area contributed by atoms with E-state index in [0.29, 0.717) is 24.3 Å². The first-order valence-corrected chi connectivity index (χ1v) is 8.08. The van der Waals surface area contributed by atoms with Crippen LogP contribution in [0.25, 0.3) is 0 Å². The SMILES string of the molecule is Cc1cc(S(=O)(=O)NCCOCCN(C)C)ccc1C#N. The first-order valence-electron chi connectivity index (χ1n) is 6.59. The highest BCUT2D eigenvalue weighted by Gasteiger charge is 2.14. The number of nitrogens with one attached hydrogen (secondary N) is 1. The molecule has 1 aromatic rings. The highest BCUT2D eigenvalue weighted by atomic mass is 32.2. The molecule has 0 amide bonds. The van der Waals surface area contributed by atoms with Gasteiger partial charge in [-0.25, -0.2) is 13.1 Å². The van der Waals surface area contributed by atoms with E-state index in [-0.39, 0.29) is 11.4 Å². The van der Waals surface area contributed by atoms with E-state index in [1.165, 1.54) is 18.2 Å². The molecule has 0 radical (unpaired) electrons. The minimum absolute atomic E-state index is 0.160. The molecule has 0 spiro atoms. The van der Waals surface area contributed by atoms with E-state index in [1.807, 2.05) is 25.1 Å². The van der Waals surface area contributed by atoms with Crippen LogP contribution >= 0.6 is 0 Å². The Morgan fingerprint density at radius 2 is 2.05 bits per heavy atom. The zero-order valence-corrected chi connectivity index (χ0v) is 13.4. The van der Waals surface area contributed by atoms with Crippen LogP contribution in [-0.4, -0.2) is 53.7 Å². The Morgan fingerprint density at radius 1 is 1.33 bits per heavy atom. The molecule has 0 unspecified atom stereocenters. The number of benzene rings is 1. The number of aryl methyl sites for hydroxylation is 1. The lowest BCUT2D eigenvalue weighted by Crippen LogP contribution is -2.28. The Balaban J connectivity index is 2.51. The number of nitriles is 1. The molecule has 1 aromatic carbocycles. The molecule has 0 aromatic heterocycles. The van der Waals surface area contributed by atoms with Gasteiger partial charge in [0, 0.05) is 13.1 Å². The summed E-state index contributed by atoms with van der Waals surface area (Å²) in [7, 11) is 0.326. The molecule has 21 heavy (non-hydrogen) atoms. The minimum Gasteiger partial charge on any atom is -0.379 e. The Kier molecular flexibility index (Phi) is 6.78. The first-order chi connectivity index (χ1) is 9.86. The fourth-order valence-corrected chi connectivity index (χ4v) is 2.71. The largest absolute Gasteiger partial charge is 0.379 e. The number of sulfonamides is 1. The van der Waals surface area contributed by atoms with Crippen molar-refractivity contribution >= 4 is 10.0 Å². The second-order valence-corrected chi connectivity index (χ2v) is 6.67. The summed E-state index contributed by atoms with van der Waals surface area (Å²) in [5.41, 5.74) is 1.11. The highest BCUT2D eigenvalue weighted by molar-refractivity contribution is 7.89. The predicted molar refractivity (Wildman–Crippen MR) is 80.5 cm³/mol. The van der Waals surface area contributed by atoms with E-state index < -0.39 is 10.0 Å². The third kappa shape index (κ3) is 5.81. The lowest BCUT2D eigenvalue weighted by atomic mass is 10.1. The molecule has 0 bridgehead atoms. The monoisotopic (exact) mass is 311 g/mol. The molecule has 1 N–H and O–H groups in total. The van der Waals surface area contributed by atoms with Crippen LogP contribution in [0.15, 0.2) is 23.1 Å². The van der Waals surface area contributed by atoms with Gasteiger partial charge < -0.3 is 9.64 Å². The lowest BCUT2D eigenvalue weighted by Gasteiger charge is -2.11.